The van der Waals surface area contributed by atoms with Gasteiger partial charge in [0, 0.05) is 0 Å². The summed E-state index contributed by atoms with van der Waals surface area (Å²) in [6.45, 7) is 0. The van der Waals surface area contributed by atoms with E-state index < -0.39 is 7.32 Å². The van der Waals surface area contributed by atoms with E-state index >= 15 is 0 Å². The molecule has 2 N–H and O–H groups in total. The molecule has 10 heavy (non-hydrogen) atoms. The van der Waals surface area contributed by atoms with Gasteiger partial charge in [-0.3, -0.25) is 0 Å². The predicted octanol–water partition coefficient (Wildman–Crippen LogP) is -4.60. The molecule has 0 aliphatic carbocycles. The van der Waals surface area contributed by atoms with Crippen molar-refractivity contribution in [1.82, 2.24) is 9.94 Å². The molecule has 1 rings (SSSR count). The van der Waals surface area contributed by atoms with Gasteiger partial charge in [-0.15, -0.1) is 9.94 Å². The van der Waals surface area contributed by atoms with Crippen LogP contribution in [0.1, 0.15) is 1.43 Å². The molecular formula is C3H6BLiN2O3. The van der Waals surface area contributed by atoms with Gasteiger partial charge in [0.05, 0.1) is 12.4 Å². The largest absolute Gasteiger partial charge is 1.00 e. The summed E-state index contributed by atoms with van der Waals surface area (Å²) in [4.78, 5) is 0.949. The zero-order chi connectivity index (χ0) is 6.69. The van der Waals surface area contributed by atoms with Crippen molar-refractivity contribution in [2.24, 2.45) is 0 Å². The minimum absolute atomic E-state index is 0. The molecule has 1 aromatic heterocycles. The second kappa shape index (κ2) is 4.41. The van der Waals surface area contributed by atoms with Crippen LogP contribution in [0.4, 0.5) is 0 Å². The Morgan fingerprint density at radius 2 is 2.30 bits per heavy atom. The van der Waals surface area contributed by atoms with Crippen LogP contribution < -0.4 is 23.6 Å². The molecule has 1 aromatic rings. The van der Waals surface area contributed by atoms with Crippen molar-refractivity contribution in [3.63, 3.8) is 0 Å². The van der Waals surface area contributed by atoms with Gasteiger partial charge in [-0.05, 0) is 6.07 Å². The quantitative estimate of drug-likeness (QED) is 0.401. The van der Waals surface area contributed by atoms with Gasteiger partial charge >= 0.3 is 26.2 Å². The van der Waals surface area contributed by atoms with Crippen molar-refractivity contribution in [3.05, 3.63) is 18.5 Å². The van der Waals surface area contributed by atoms with Crippen LogP contribution >= 0.6 is 0 Å². The van der Waals surface area contributed by atoms with Crippen molar-refractivity contribution < 1.29 is 35.1 Å². The summed E-state index contributed by atoms with van der Waals surface area (Å²) < 4.78 is 4.27. The van der Waals surface area contributed by atoms with Crippen LogP contribution in [-0.4, -0.2) is 27.3 Å². The third kappa shape index (κ3) is 2.94. The van der Waals surface area contributed by atoms with Crippen LogP contribution in [0.25, 0.3) is 0 Å². The molecule has 50 valence electrons. The van der Waals surface area contributed by atoms with Gasteiger partial charge in [0.2, 0.25) is 0 Å². The van der Waals surface area contributed by atoms with Gasteiger partial charge in [0.15, 0.2) is 0 Å². The first-order valence-electron chi connectivity index (χ1n) is 2.32. The van der Waals surface area contributed by atoms with E-state index in [1.165, 1.54) is 12.4 Å². The second-order valence-corrected chi connectivity index (χ2v) is 1.34. The Labute approximate surface area is 71.4 Å². The smallest absolute Gasteiger partial charge is 1.00 e. The van der Waals surface area contributed by atoms with Gasteiger partial charge in [-0.25, -0.2) is 0 Å². The molecule has 0 aliphatic heterocycles. The molecule has 0 amide bonds. The van der Waals surface area contributed by atoms with Crippen molar-refractivity contribution in [1.29, 1.82) is 0 Å². The van der Waals surface area contributed by atoms with Gasteiger partial charge in [-0.1, -0.05) is 0 Å². The van der Waals surface area contributed by atoms with E-state index in [2.05, 4.69) is 9.85 Å². The molecule has 0 spiro atoms. The molecule has 0 aliphatic rings. The van der Waals surface area contributed by atoms with Crippen molar-refractivity contribution in [2.45, 2.75) is 0 Å². The Bertz CT molecular complexity index is 173. The van der Waals surface area contributed by atoms with Crippen LogP contribution in [-0.2, 0) is 0 Å². The molecule has 0 bridgehead atoms. The first-order valence-corrected chi connectivity index (χ1v) is 2.32. The molecule has 0 radical (unpaired) electrons. The van der Waals surface area contributed by atoms with E-state index in [0.717, 1.165) is 4.85 Å². The Balaban J connectivity index is 0. The second-order valence-electron chi connectivity index (χ2n) is 1.34. The van der Waals surface area contributed by atoms with E-state index in [0.29, 0.717) is 0 Å². The molecule has 0 fully saturated rings. The van der Waals surface area contributed by atoms with Crippen LogP contribution in [0.3, 0.4) is 0 Å². The topological polar surface area (TPSA) is 67.5 Å². The molecule has 5 nitrogen and oxygen atoms in total. The maximum absolute atomic E-state index is 8.20. The fourth-order valence-electron chi connectivity index (χ4n) is 0.414. The zero-order valence-corrected chi connectivity index (χ0v) is 5.51. The molecule has 7 heteroatoms. The van der Waals surface area contributed by atoms with Gasteiger partial charge in [-0.2, -0.15) is 0 Å². The molecule has 0 unspecified atom stereocenters. The molecule has 0 aromatic carbocycles. The first-order chi connectivity index (χ1) is 4.29. The third-order valence-electron chi connectivity index (χ3n) is 0.682. The van der Waals surface area contributed by atoms with Crippen LogP contribution in [0, 0.1) is 0 Å². The van der Waals surface area contributed by atoms with Gasteiger partial charge < -0.3 is 16.2 Å². The van der Waals surface area contributed by atoms with Crippen molar-refractivity contribution >= 4 is 7.32 Å². The third-order valence-corrected chi connectivity index (χ3v) is 0.682. The number of rotatable bonds is 2. The van der Waals surface area contributed by atoms with E-state index in [1.807, 2.05) is 0 Å². The SMILES string of the molecule is OB(O)On1cccn1.[H-].[Li+]. The van der Waals surface area contributed by atoms with E-state index in [9.17, 15) is 0 Å². The Morgan fingerprint density at radius 1 is 1.60 bits per heavy atom. The van der Waals surface area contributed by atoms with E-state index in [-0.39, 0.29) is 20.3 Å². The van der Waals surface area contributed by atoms with E-state index in [1.54, 1.807) is 6.07 Å². The monoisotopic (exact) mass is 136 g/mol. The average Bonchev–Trinajstić information content (AvgIpc) is 2.15. The minimum Gasteiger partial charge on any atom is -1.00 e. The summed E-state index contributed by atoms with van der Waals surface area (Å²) in [6.07, 6.45) is 2.90. The predicted molar refractivity (Wildman–Crippen MR) is 30.1 cm³/mol. The summed E-state index contributed by atoms with van der Waals surface area (Å²) in [7, 11) is -1.81. The van der Waals surface area contributed by atoms with Gasteiger partial charge in [0.1, 0.15) is 0 Å². The van der Waals surface area contributed by atoms with Crippen molar-refractivity contribution in [2.75, 3.05) is 0 Å². The minimum atomic E-state index is -1.81. The van der Waals surface area contributed by atoms with E-state index in [4.69, 9.17) is 10.0 Å². The summed E-state index contributed by atoms with van der Waals surface area (Å²) in [5.41, 5.74) is 0. The van der Waals surface area contributed by atoms with Crippen LogP contribution in [0.2, 0.25) is 0 Å². The summed E-state index contributed by atoms with van der Waals surface area (Å²) in [5, 5.41) is 19.9. The average molecular weight is 136 g/mol. The Morgan fingerprint density at radius 3 is 2.70 bits per heavy atom. The Hall–Kier alpha value is -0.408. The van der Waals surface area contributed by atoms with Gasteiger partial charge in [0.25, 0.3) is 0 Å². The summed E-state index contributed by atoms with van der Waals surface area (Å²) in [5.74, 6) is 0. The van der Waals surface area contributed by atoms with Crippen molar-refractivity contribution in [3.8, 4) is 0 Å². The zero-order valence-electron chi connectivity index (χ0n) is 6.51. The first kappa shape index (κ1) is 9.59. The standard InChI is InChI=1S/C3H5BN2O3.Li.H/c7-4(8)9-6-3-1-2-5-6;;/h1-3,7-8H;;/q;+1;-1. The molecular weight excluding hydrogens is 130 g/mol. The number of hydrogen-bond donors (Lipinski definition) is 2. The van der Waals surface area contributed by atoms with Crippen LogP contribution in [0.5, 0.6) is 0 Å². The Kier molecular flexibility index (Phi) is 4.23. The fourth-order valence-corrected chi connectivity index (χ4v) is 0.414. The molecule has 0 saturated carbocycles. The summed E-state index contributed by atoms with van der Waals surface area (Å²) >= 11 is 0. The fraction of sp³-hybridized carbons (Fsp3) is 0. The molecule has 1 heterocycles. The molecule has 0 saturated heterocycles. The van der Waals surface area contributed by atoms with Crippen LogP contribution in [0.15, 0.2) is 18.5 Å². The maximum Gasteiger partial charge on any atom is 1.00 e. The number of aromatic nitrogens is 2. The summed E-state index contributed by atoms with van der Waals surface area (Å²) in [6, 6.07) is 1.60. The maximum atomic E-state index is 8.20. The number of hydrogen-bond acceptors (Lipinski definition) is 4. The normalized spacial score (nSPS) is 8.20. The molecule has 0 atom stereocenters. The number of nitrogens with zero attached hydrogens (tertiary/aromatic N) is 2.